The van der Waals surface area contributed by atoms with Crippen molar-refractivity contribution >= 4 is 34.9 Å². The van der Waals surface area contributed by atoms with Crippen LogP contribution < -0.4 is 5.32 Å². The molecule has 0 aliphatic carbocycles. The molecular formula is C16H16Cl2N2O. The molecule has 0 saturated heterocycles. The Kier molecular flexibility index (Phi) is 5.59. The number of halogens is 2. The second-order valence-corrected chi connectivity index (χ2v) is 5.63. The van der Waals surface area contributed by atoms with Crippen LogP contribution in [0.3, 0.4) is 0 Å². The molecular weight excluding hydrogens is 307 g/mol. The van der Waals surface area contributed by atoms with Gasteiger partial charge < -0.3 is 5.32 Å². The Hall–Kier alpha value is -1.58. The fourth-order valence-electron chi connectivity index (χ4n) is 1.96. The minimum absolute atomic E-state index is 0.0307. The largest absolute Gasteiger partial charge is 0.310 e. The molecule has 3 nitrogen and oxygen atoms in total. The standard InChI is InChI=1S/C16H16Cl2N2O/c1-11-4-3-9-19-16(11)20-15(21)6-2-5-12-7-8-13(17)14(18)10-12/h3-4,7-10H,2,5-6H2,1H3,(H,19,20,21). The number of hydrogen-bond donors (Lipinski definition) is 1. The van der Waals surface area contributed by atoms with E-state index in [4.69, 9.17) is 23.2 Å². The van der Waals surface area contributed by atoms with Crippen LogP contribution in [0.15, 0.2) is 36.5 Å². The molecule has 0 fully saturated rings. The molecule has 0 radical (unpaired) electrons. The van der Waals surface area contributed by atoms with Gasteiger partial charge in [-0.15, -0.1) is 0 Å². The molecule has 2 aromatic rings. The van der Waals surface area contributed by atoms with Gasteiger partial charge in [0.05, 0.1) is 10.0 Å². The van der Waals surface area contributed by atoms with Gasteiger partial charge in [-0.25, -0.2) is 4.98 Å². The highest BCUT2D eigenvalue weighted by atomic mass is 35.5. The number of hydrogen-bond acceptors (Lipinski definition) is 2. The number of benzene rings is 1. The summed E-state index contributed by atoms with van der Waals surface area (Å²) < 4.78 is 0. The first-order chi connectivity index (χ1) is 10.1. The first kappa shape index (κ1) is 15.8. The molecule has 2 rings (SSSR count). The monoisotopic (exact) mass is 322 g/mol. The third kappa shape index (κ3) is 4.73. The van der Waals surface area contributed by atoms with E-state index >= 15 is 0 Å². The van der Waals surface area contributed by atoms with Gasteiger partial charge in [-0.05, 0) is 49.1 Å². The third-order valence-electron chi connectivity index (χ3n) is 3.12. The number of pyridine rings is 1. The lowest BCUT2D eigenvalue weighted by atomic mass is 10.1. The van der Waals surface area contributed by atoms with Gasteiger partial charge in [-0.1, -0.05) is 35.3 Å². The van der Waals surface area contributed by atoms with Gasteiger partial charge in [-0.2, -0.15) is 0 Å². The van der Waals surface area contributed by atoms with Crippen LogP contribution in [-0.4, -0.2) is 10.9 Å². The summed E-state index contributed by atoms with van der Waals surface area (Å²) in [5.41, 5.74) is 2.03. The molecule has 0 aliphatic heterocycles. The van der Waals surface area contributed by atoms with E-state index in [1.165, 1.54) is 0 Å². The predicted octanol–water partition coefficient (Wildman–Crippen LogP) is 4.66. The molecule has 0 unspecified atom stereocenters. The number of nitrogens with zero attached hydrogens (tertiary/aromatic N) is 1. The lowest BCUT2D eigenvalue weighted by Gasteiger charge is -2.07. The summed E-state index contributed by atoms with van der Waals surface area (Å²) in [5, 5.41) is 3.91. The SMILES string of the molecule is Cc1cccnc1NC(=O)CCCc1ccc(Cl)c(Cl)c1. The quantitative estimate of drug-likeness (QED) is 0.869. The van der Waals surface area contributed by atoms with Crippen LogP contribution in [-0.2, 0) is 11.2 Å². The Morgan fingerprint density at radius 3 is 2.76 bits per heavy atom. The minimum Gasteiger partial charge on any atom is -0.310 e. The van der Waals surface area contributed by atoms with Crippen molar-refractivity contribution in [1.82, 2.24) is 4.98 Å². The first-order valence-electron chi connectivity index (χ1n) is 6.71. The van der Waals surface area contributed by atoms with Crippen molar-refractivity contribution in [3.63, 3.8) is 0 Å². The van der Waals surface area contributed by atoms with Crippen molar-refractivity contribution in [2.45, 2.75) is 26.2 Å². The molecule has 1 N–H and O–H groups in total. The highest BCUT2D eigenvalue weighted by molar-refractivity contribution is 6.42. The third-order valence-corrected chi connectivity index (χ3v) is 3.86. The van der Waals surface area contributed by atoms with E-state index < -0.39 is 0 Å². The second-order valence-electron chi connectivity index (χ2n) is 4.82. The zero-order valence-electron chi connectivity index (χ0n) is 11.7. The molecule has 0 bridgehead atoms. The summed E-state index contributed by atoms with van der Waals surface area (Å²) in [5.74, 6) is 0.592. The molecule has 1 heterocycles. The summed E-state index contributed by atoms with van der Waals surface area (Å²) >= 11 is 11.8. The fraction of sp³-hybridized carbons (Fsp3) is 0.250. The Balaban J connectivity index is 1.82. The lowest BCUT2D eigenvalue weighted by Crippen LogP contribution is -2.13. The Morgan fingerprint density at radius 1 is 1.24 bits per heavy atom. The van der Waals surface area contributed by atoms with Gasteiger partial charge in [0.15, 0.2) is 0 Å². The van der Waals surface area contributed by atoms with Crippen LogP contribution >= 0.6 is 23.2 Å². The van der Waals surface area contributed by atoms with E-state index in [9.17, 15) is 4.79 Å². The highest BCUT2D eigenvalue weighted by Gasteiger charge is 2.06. The number of carbonyl (C=O) groups is 1. The van der Waals surface area contributed by atoms with Crippen molar-refractivity contribution in [3.8, 4) is 0 Å². The van der Waals surface area contributed by atoms with E-state index in [1.807, 2.05) is 31.2 Å². The fourth-order valence-corrected chi connectivity index (χ4v) is 2.28. The summed E-state index contributed by atoms with van der Waals surface area (Å²) in [6.45, 7) is 1.92. The molecule has 0 aliphatic rings. The van der Waals surface area contributed by atoms with Crippen LogP contribution in [0.1, 0.15) is 24.0 Å². The maximum absolute atomic E-state index is 11.9. The molecule has 5 heteroatoms. The Bertz CT molecular complexity index is 644. The minimum atomic E-state index is -0.0307. The number of anilines is 1. The molecule has 1 amide bonds. The van der Waals surface area contributed by atoms with Crippen LogP contribution in [0.2, 0.25) is 10.0 Å². The second kappa shape index (κ2) is 7.43. The van der Waals surface area contributed by atoms with E-state index in [1.54, 1.807) is 12.3 Å². The van der Waals surface area contributed by atoms with Gasteiger partial charge >= 0.3 is 0 Å². The highest BCUT2D eigenvalue weighted by Crippen LogP contribution is 2.23. The summed E-state index contributed by atoms with van der Waals surface area (Å²) in [6.07, 6.45) is 3.63. The number of amides is 1. The predicted molar refractivity (Wildman–Crippen MR) is 87.0 cm³/mol. The molecule has 110 valence electrons. The van der Waals surface area contributed by atoms with Crippen LogP contribution in [0, 0.1) is 6.92 Å². The summed E-state index contributed by atoms with van der Waals surface area (Å²) in [7, 11) is 0. The molecule has 0 atom stereocenters. The summed E-state index contributed by atoms with van der Waals surface area (Å²) in [4.78, 5) is 16.0. The topological polar surface area (TPSA) is 42.0 Å². The van der Waals surface area contributed by atoms with Crippen molar-refractivity contribution in [3.05, 3.63) is 57.7 Å². The maximum Gasteiger partial charge on any atom is 0.225 e. The van der Waals surface area contributed by atoms with Gasteiger partial charge in [-0.3, -0.25) is 4.79 Å². The molecule has 21 heavy (non-hydrogen) atoms. The van der Waals surface area contributed by atoms with Crippen LogP contribution in [0.5, 0.6) is 0 Å². The smallest absolute Gasteiger partial charge is 0.225 e. The van der Waals surface area contributed by atoms with Crippen molar-refractivity contribution in [2.75, 3.05) is 5.32 Å². The van der Waals surface area contributed by atoms with Gasteiger partial charge in [0.25, 0.3) is 0 Å². The molecule has 0 spiro atoms. The first-order valence-corrected chi connectivity index (χ1v) is 7.47. The molecule has 1 aromatic carbocycles. The number of carbonyl (C=O) groups excluding carboxylic acids is 1. The van der Waals surface area contributed by atoms with Crippen molar-refractivity contribution < 1.29 is 4.79 Å². The zero-order valence-corrected chi connectivity index (χ0v) is 13.2. The number of aryl methyl sites for hydroxylation is 2. The van der Waals surface area contributed by atoms with E-state index in [0.717, 1.165) is 24.0 Å². The zero-order chi connectivity index (χ0) is 15.2. The van der Waals surface area contributed by atoms with E-state index in [-0.39, 0.29) is 5.91 Å². The maximum atomic E-state index is 11.9. The Labute approximate surface area is 134 Å². The number of aromatic nitrogens is 1. The van der Waals surface area contributed by atoms with Crippen molar-refractivity contribution in [1.29, 1.82) is 0 Å². The van der Waals surface area contributed by atoms with Crippen LogP contribution in [0.25, 0.3) is 0 Å². The van der Waals surface area contributed by atoms with Gasteiger partial charge in [0, 0.05) is 12.6 Å². The lowest BCUT2D eigenvalue weighted by molar-refractivity contribution is -0.116. The van der Waals surface area contributed by atoms with Gasteiger partial charge in [0.1, 0.15) is 5.82 Å². The van der Waals surface area contributed by atoms with Crippen LogP contribution in [0.4, 0.5) is 5.82 Å². The average Bonchev–Trinajstić information content (AvgIpc) is 2.45. The Morgan fingerprint density at radius 2 is 2.05 bits per heavy atom. The summed E-state index contributed by atoms with van der Waals surface area (Å²) in [6, 6.07) is 9.30. The molecule has 0 saturated carbocycles. The number of rotatable bonds is 5. The van der Waals surface area contributed by atoms with E-state index in [2.05, 4.69) is 10.3 Å². The molecule has 1 aromatic heterocycles. The average molecular weight is 323 g/mol. The number of nitrogens with one attached hydrogen (secondary N) is 1. The van der Waals surface area contributed by atoms with Crippen molar-refractivity contribution in [2.24, 2.45) is 0 Å². The normalized spacial score (nSPS) is 10.4. The van der Waals surface area contributed by atoms with E-state index in [0.29, 0.717) is 22.3 Å². The van der Waals surface area contributed by atoms with Gasteiger partial charge in [0.2, 0.25) is 5.91 Å².